The van der Waals surface area contributed by atoms with E-state index in [9.17, 15) is 0 Å². The first-order valence-corrected chi connectivity index (χ1v) is 5.95. The SMILES string of the molecule is CC(C)NCc1c[nH]c2c(Br)cccc12. The quantitative estimate of drug-likeness (QED) is 0.876. The van der Waals surface area contributed by atoms with Crippen LogP contribution in [0.2, 0.25) is 0 Å². The normalized spacial score (nSPS) is 11.5. The Labute approximate surface area is 98.2 Å². The molecule has 3 heteroatoms. The fraction of sp³-hybridized carbons (Fsp3) is 0.333. The predicted molar refractivity (Wildman–Crippen MR) is 68.0 cm³/mol. The smallest absolute Gasteiger partial charge is 0.0601 e. The van der Waals surface area contributed by atoms with Crippen LogP contribution >= 0.6 is 15.9 Å². The Hall–Kier alpha value is -0.800. The second-order valence-corrected chi connectivity index (χ2v) is 4.87. The van der Waals surface area contributed by atoms with Crippen molar-refractivity contribution >= 4 is 26.8 Å². The van der Waals surface area contributed by atoms with E-state index in [4.69, 9.17) is 0 Å². The van der Waals surface area contributed by atoms with Crippen molar-refractivity contribution in [2.45, 2.75) is 26.4 Å². The molecule has 0 saturated heterocycles. The lowest BCUT2D eigenvalue weighted by molar-refractivity contribution is 0.590. The Bertz CT molecular complexity index is 460. The van der Waals surface area contributed by atoms with Gasteiger partial charge in [0.05, 0.1) is 5.52 Å². The van der Waals surface area contributed by atoms with E-state index in [1.165, 1.54) is 16.5 Å². The third-order valence-corrected chi connectivity index (χ3v) is 3.11. The van der Waals surface area contributed by atoms with Gasteiger partial charge in [0.1, 0.15) is 0 Å². The van der Waals surface area contributed by atoms with Gasteiger partial charge in [-0.2, -0.15) is 0 Å². The maximum Gasteiger partial charge on any atom is 0.0601 e. The van der Waals surface area contributed by atoms with Crippen LogP contribution in [0.4, 0.5) is 0 Å². The second kappa shape index (κ2) is 4.37. The van der Waals surface area contributed by atoms with Crippen LogP contribution in [-0.2, 0) is 6.54 Å². The molecular weight excluding hydrogens is 252 g/mol. The molecule has 1 aromatic heterocycles. The number of halogens is 1. The minimum atomic E-state index is 0.516. The molecule has 2 aromatic rings. The Morgan fingerprint density at radius 1 is 1.40 bits per heavy atom. The molecule has 0 aliphatic heterocycles. The molecule has 15 heavy (non-hydrogen) atoms. The largest absolute Gasteiger partial charge is 0.360 e. The number of aromatic nitrogens is 1. The van der Waals surface area contributed by atoms with E-state index < -0.39 is 0 Å². The van der Waals surface area contributed by atoms with Crippen LogP contribution in [0.3, 0.4) is 0 Å². The summed E-state index contributed by atoms with van der Waals surface area (Å²) in [4.78, 5) is 3.29. The Morgan fingerprint density at radius 3 is 2.93 bits per heavy atom. The number of rotatable bonds is 3. The first kappa shape index (κ1) is 10.7. The molecule has 0 amide bonds. The molecular formula is C12H15BrN2. The molecule has 2 rings (SSSR count). The summed E-state index contributed by atoms with van der Waals surface area (Å²) in [7, 11) is 0. The van der Waals surface area contributed by atoms with Crippen LogP contribution in [0.1, 0.15) is 19.4 Å². The monoisotopic (exact) mass is 266 g/mol. The molecule has 1 heterocycles. The summed E-state index contributed by atoms with van der Waals surface area (Å²) in [6.45, 7) is 5.23. The molecule has 0 spiro atoms. The van der Waals surface area contributed by atoms with Gasteiger partial charge in [-0.05, 0) is 27.6 Å². The summed E-state index contributed by atoms with van der Waals surface area (Å²) in [6, 6.07) is 6.79. The van der Waals surface area contributed by atoms with E-state index in [2.05, 4.69) is 64.5 Å². The van der Waals surface area contributed by atoms with Gasteiger partial charge in [0.15, 0.2) is 0 Å². The molecule has 0 unspecified atom stereocenters. The van der Waals surface area contributed by atoms with Crippen LogP contribution in [0.5, 0.6) is 0 Å². The Morgan fingerprint density at radius 2 is 2.20 bits per heavy atom. The minimum absolute atomic E-state index is 0.516. The van der Waals surface area contributed by atoms with Crippen molar-refractivity contribution < 1.29 is 0 Å². The number of benzene rings is 1. The van der Waals surface area contributed by atoms with Crippen LogP contribution < -0.4 is 5.32 Å². The fourth-order valence-electron chi connectivity index (χ4n) is 1.64. The lowest BCUT2D eigenvalue weighted by Crippen LogP contribution is -2.21. The van der Waals surface area contributed by atoms with Crippen LogP contribution in [-0.4, -0.2) is 11.0 Å². The molecule has 0 atom stereocenters. The van der Waals surface area contributed by atoms with E-state index in [-0.39, 0.29) is 0 Å². The highest BCUT2D eigenvalue weighted by Gasteiger charge is 2.05. The van der Waals surface area contributed by atoms with Gasteiger partial charge in [-0.3, -0.25) is 0 Å². The van der Waals surface area contributed by atoms with Gasteiger partial charge in [-0.25, -0.2) is 0 Å². The summed E-state index contributed by atoms with van der Waals surface area (Å²) >= 11 is 3.54. The summed E-state index contributed by atoms with van der Waals surface area (Å²) < 4.78 is 1.12. The standard InChI is InChI=1S/C12H15BrN2/c1-8(2)14-6-9-7-15-12-10(9)4-3-5-11(12)13/h3-5,7-8,14-15H,6H2,1-2H3. The van der Waals surface area contributed by atoms with Crippen molar-refractivity contribution in [2.24, 2.45) is 0 Å². The van der Waals surface area contributed by atoms with Crippen LogP contribution in [0.15, 0.2) is 28.9 Å². The number of para-hydroxylation sites is 1. The number of nitrogens with one attached hydrogen (secondary N) is 2. The lowest BCUT2D eigenvalue weighted by atomic mass is 10.2. The summed E-state index contributed by atoms with van der Waals surface area (Å²) in [5.74, 6) is 0. The molecule has 2 N–H and O–H groups in total. The number of H-pyrrole nitrogens is 1. The summed E-state index contributed by atoms with van der Waals surface area (Å²) in [5.41, 5.74) is 2.50. The van der Waals surface area contributed by atoms with E-state index >= 15 is 0 Å². The zero-order chi connectivity index (χ0) is 10.8. The molecule has 0 saturated carbocycles. The van der Waals surface area contributed by atoms with E-state index in [0.29, 0.717) is 6.04 Å². The molecule has 0 aliphatic rings. The topological polar surface area (TPSA) is 27.8 Å². The first-order chi connectivity index (χ1) is 7.18. The number of hydrogen-bond donors (Lipinski definition) is 2. The number of aromatic amines is 1. The maximum absolute atomic E-state index is 3.54. The summed E-state index contributed by atoms with van der Waals surface area (Å²) in [5, 5.41) is 4.71. The van der Waals surface area contributed by atoms with E-state index in [0.717, 1.165) is 11.0 Å². The maximum atomic E-state index is 3.54. The average Bonchev–Trinajstić information content (AvgIpc) is 2.59. The van der Waals surface area contributed by atoms with Gasteiger partial charge in [0.25, 0.3) is 0 Å². The van der Waals surface area contributed by atoms with E-state index in [1.54, 1.807) is 0 Å². The predicted octanol–water partition coefficient (Wildman–Crippen LogP) is 3.43. The molecule has 0 bridgehead atoms. The molecule has 80 valence electrons. The van der Waals surface area contributed by atoms with Crippen molar-refractivity contribution in [3.63, 3.8) is 0 Å². The molecule has 0 fully saturated rings. The zero-order valence-electron chi connectivity index (χ0n) is 8.97. The van der Waals surface area contributed by atoms with Gasteiger partial charge >= 0.3 is 0 Å². The highest BCUT2D eigenvalue weighted by Crippen LogP contribution is 2.25. The fourth-order valence-corrected chi connectivity index (χ4v) is 2.12. The third-order valence-electron chi connectivity index (χ3n) is 2.45. The van der Waals surface area contributed by atoms with Crippen molar-refractivity contribution in [1.82, 2.24) is 10.3 Å². The molecule has 0 radical (unpaired) electrons. The van der Waals surface area contributed by atoms with Crippen molar-refractivity contribution in [3.05, 3.63) is 34.4 Å². The Kier molecular flexibility index (Phi) is 3.12. The Balaban J connectivity index is 2.33. The van der Waals surface area contributed by atoms with Crippen molar-refractivity contribution in [3.8, 4) is 0 Å². The lowest BCUT2D eigenvalue weighted by Gasteiger charge is -2.06. The third kappa shape index (κ3) is 2.24. The first-order valence-electron chi connectivity index (χ1n) is 5.16. The van der Waals surface area contributed by atoms with Crippen LogP contribution in [0.25, 0.3) is 10.9 Å². The van der Waals surface area contributed by atoms with Gasteiger partial charge in [-0.15, -0.1) is 0 Å². The number of fused-ring (bicyclic) bond motifs is 1. The zero-order valence-corrected chi connectivity index (χ0v) is 10.6. The summed E-state index contributed by atoms with van der Waals surface area (Å²) in [6.07, 6.45) is 2.07. The highest BCUT2D eigenvalue weighted by molar-refractivity contribution is 9.10. The molecule has 1 aromatic carbocycles. The molecule has 0 aliphatic carbocycles. The van der Waals surface area contributed by atoms with Gasteiger partial charge in [0.2, 0.25) is 0 Å². The average molecular weight is 267 g/mol. The highest BCUT2D eigenvalue weighted by atomic mass is 79.9. The number of hydrogen-bond acceptors (Lipinski definition) is 1. The van der Waals surface area contributed by atoms with E-state index in [1.807, 2.05) is 0 Å². The van der Waals surface area contributed by atoms with Crippen molar-refractivity contribution in [2.75, 3.05) is 0 Å². The second-order valence-electron chi connectivity index (χ2n) is 4.01. The van der Waals surface area contributed by atoms with Gasteiger partial charge < -0.3 is 10.3 Å². The van der Waals surface area contributed by atoms with Crippen molar-refractivity contribution in [1.29, 1.82) is 0 Å². The van der Waals surface area contributed by atoms with Gasteiger partial charge in [0, 0.05) is 28.6 Å². The van der Waals surface area contributed by atoms with Gasteiger partial charge in [-0.1, -0.05) is 26.0 Å². The molecule has 2 nitrogen and oxygen atoms in total. The van der Waals surface area contributed by atoms with Crippen LogP contribution in [0, 0.1) is 0 Å². The minimum Gasteiger partial charge on any atom is -0.360 e.